The van der Waals surface area contributed by atoms with Gasteiger partial charge in [0.1, 0.15) is 5.82 Å². The molecular formula is C12H20N4O2. The van der Waals surface area contributed by atoms with Crippen molar-refractivity contribution < 1.29 is 9.90 Å². The number of aliphatic hydroxyl groups is 1. The van der Waals surface area contributed by atoms with Crippen LogP contribution in [-0.2, 0) is 0 Å². The van der Waals surface area contributed by atoms with Gasteiger partial charge < -0.3 is 15.3 Å². The summed E-state index contributed by atoms with van der Waals surface area (Å²) in [7, 11) is 3.33. The fraction of sp³-hybridized carbons (Fsp3) is 0.583. The molecule has 2 N–H and O–H groups in total. The van der Waals surface area contributed by atoms with Crippen molar-refractivity contribution in [2.24, 2.45) is 5.92 Å². The summed E-state index contributed by atoms with van der Waals surface area (Å²) in [4.78, 5) is 13.1. The number of anilines is 1. The smallest absolute Gasteiger partial charge is 0.273 e. The van der Waals surface area contributed by atoms with Gasteiger partial charge in [0.05, 0.1) is 12.6 Å². The Hall–Kier alpha value is -1.69. The Bertz CT molecular complexity index is 390. The van der Waals surface area contributed by atoms with Crippen molar-refractivity contribution in [2.45, 2.75) is 19.9 Å². The van der Waals surface area contributed by atoms with Crippen molar-refractivity contribution >= 4 is 11.7 Å². The van der Waals surface area contributed by atoms with Gasteiger partial charge in [-0.1, -0.05) is 13.8 Å². The Balaban J connectivity index is 2.74. The molecule has 0 aliphatic carbocycles. The number of hydrogen-bond donors (Lipinski definition) is 2. The van der Waals surface area contributed by atoms with E-state index in [1.807, 2.05) is 13.8 Å². The Kier molecular flexibility index (Phi) is 5.03. The van der Waals surface area contributed by atoms with Gasteiger partial charge in [-0.15, -0.1) is 10.2 Å². The Labute approximate surface area is 107 Å². The van der Waals surface area contributed by atoms with E-state index in [4.69, 9.17) is 0 Å². The van der Waals surface area contributed by atoms with Gasteiger partial charge in [-0.3, -0.25) is 4.79 Å². The number of aromatic nitrogens is 2. The number of aliphatic hydroxyl groups excluding tert-OH is 1. The lowest BCUT2D eigenvalue weighted by Crippen LogP contribution is -2.30. The minimum absolute atomic E-state index is 0.0255. The molecule has 1 amide bonds. The van der Waals surface area contributed by atoms with Crippen LogP contribution in [0.4, 0.5) is 5.82 Å². The van der Waals surface area contributed by atoms with Crippen molar-refractivity contribution in [1.82, 2.24) is 15.1 Å². The summed E-state index contributed by atoms with van der Waals surface area (Å²) in [5.41, 5.74) is 0.302. The zero-order valence-corrected chi connectivity index (χ0v) is 11.2. The van der Waals surface area contributed by atoms with E-state index in [1.54, 1.807) is 26.2 Å². The van der Waals surface area contributed by atoms with Crippen LogP contribution >= 0.6 is 0 Å². The number of nitrogens with zero attached hydrogens (tertiary/aromatic N) is 3. The molecular weight excluding hydrogens is 232 g/mol. The number of carbonyl (C=O) groups is 1. The first-order valence-electron chi connectivity index (χ1n) is 5.88. The Morgan fingerprint density at radius 2 is 2.06 bits per heavy atom. The van der Waals surface area contributed by atoms with Crippen molar-refractivity contribution in [2.75, 3.05) is 26.0 Å². The fourth-order valence-electron chi connectivity index (χ4n) is 1.37. The second-order valence-electron chi connectivity index (χ2n) is 4.68. The Morgan fingerprint density at radius 1 is 1.39 bits per heavy atom. The Morgan fingerprint density at radius 3 is 2.44 bits per heavy atom. The van der Waals surface area contributed by atoms with E-state index in [0.717, 1.165) is 0 Å². The zero-order chi connectivity index (χ0) is 13.7. The second-order valence-corrected chi connectivity index (χ2v) is 4.68. The summed E-state index contributed by atoms with van der Waals surface area (Å²) in [5, 5.41) is 20.1. The normalized spacial score (nSPS) is 12.3. The van der Waals surface area contributed by atoms with E-state index in [1.165, 1.54) is 4.90 Å². The highest BCUT2D eigenvalue weighted by Crippen LogP contribution is 2.10. The van der Waals surface area contributed by atoms with Gasteiger partial charge in [0, 0.05) is 14.1 Å². The predicted molar refractivity (Wildman–Crippen MR) is 69.4 cm³/mol. The molecule has 18 heavy (non-hydrogen) atoms. The highest BCUT2D eigenvalue weighted by molar-refractivity contribution is 5.91. The average molecular weight is 252 g/mol. The highest BCUT2D eigenvalue weighted by Gasteiger charge is 2.14. The zero-order valence-electron chi connectivity index (χ0n) is 11.2. The van der Waals surface area contributed by atoms with E-state index in [9.17, 15) is 9.90 Å². The molecule has 1 atom stereocenters. The molecule has 100 valence electrons. The third-order valence-electron chi connectivity index (χ3n) is 2.62. The molecule has 1 aromatic heterocycles. The van der Waals surface area contributed by atoms with Gasteiger partial charge in [-0.25, -0.2) is 0 Å². The first-order valence-corrected chi connectivity index (χ1v) is 5.88. The number of rotatable bonds is 5. The molecule has 6 nitrogen and oxygen atoms in total. The molecule has 0 aliphatic rings. The van der Waals surface area contributed by atoms with Gasteiger partial charge in [0.2, 0.25) is 0 Å². The molecule has 1 aromatic rings. The van der Waals surface area contributed by atoms with Crippen molar-refractivity contribution in [3.63, 3.8) is 0 Å². The number of nitrogens with one attached hydrogen (secondary N) is 1. The lowest BCUT2D eigenvalue weighted by atomic mass is 10.1. The largest absolute Gasteiger partial charge is 0.394 e. The maximum atomic E-state index is 11.6. The van der Waals surface area contributed by atoms with E-state index < -0.39 is 0 Å². The van der Waals surface area contributed by atoms with Crippen LogP contribution in [0.3, 0.4) is 0 Å². The molecule has 0 radical (unpaired) electrons. The first kappa shape index (κ1) is 14.4. The molecule has 1 unspecified atom stereocenters. The number of amides is 1. The molecule has 0 bridgehead atoms. The number of hydrogen-bond acceptors (Lipinski definition) is 5. The lowest BCUT2D eigenvalue weighted by molar-refractivity contribution is 0.0821. The van der Waals surface area contributed by atoms with Gasteiger partial charge in [-0.2, -0.15) is 0 Å². The van der Waals surface area contributed by atoms with Crippen molar-refractivity contribution in [3.8, 4) is 0 Å². The van der Waals surface area contributed by atoms with E-state index in [0.29, 0.717) is 11.5 Å². The average Bonchev–Trinajstić information content (AvgIpc) is 2.35. The van der Waals surface area contributed by atoms with Gasteiger partial charge in [0.15, 0.2) is 5.69 Å². The van der Waals surface area contributed by atoms with E-state index >= 15 is 0 Å². The molecule has 6 heteroatoms. The fourth-order valence-corrected chi connectivity index (χ4v) is 1.37. The molecule has 0 aliphatic heterocycles. The lowest BCUT2D eigenvalue weighted by Gasteiger charge is -2.20. The van der Waals surface area contributed by atoms with Crippen LogP contribution in [-0.4, -0.2) is 52.9 Å². The molecule has 0 fully saturated rings. The second kappa shape index (κ2) is 6.30. The summed E-state index contributed by atoms with van der Waals surface area (Å²) >= 11 is 0. The topological polar surface area (TPSA) is 78.4 Å². The summed E-state index contributed by atoms with van der Waals surface area (Å²) in [5.74, 6) is 0.648. The van der Waals surface area contributed by atoms with Crippen LogP contribution in [0.5, 0.6) is 0 Å². The predicted octanol–water partition coefficient (Wildman–Crippen LogP) is 0.607. The van der Waals surface area contributed by atoms with E-state index in [-0.39, 0.29) is 24.5 Å². The van der Waals surface area contributed by atoms with E-state index in [2.05, 4.69) is 15.5 Å². The maximum absolute atomic E-state index is 11.6. The molecule has 0 spiro atoms. The van der Waals surface area contributed by atoms with Crippen LogP contribution in [0.2, 0.25) is 0 Å². The van der Waals surface area contributed by atoms with Crippen molar-refractivity contribution in [3.05, 3.63) is 17.8 Å². The summed E-state index contributed by atoms with van der Waals surface area (Å²) in [6.07, 6.45) is 0. The molecule has 1 heterocycles. The third kappa shape index (κ3) is 3.66. The van der Waals surface area contributed by atoms with Crippen LogP contribution < -0.4 is 5.32 Å². The number of carbonyl (C=O) groups excluding carboxylic acids is 1. The van der Waals surface area contributed by atoms with Gasteiger partial charge >= 0.3 is 0 Å². The monoisotopic (exact) mass is 252 g/mol. The van der Waals surface area contributed by atoms with Crippen LogP contribution in [0.1, 0.15) is 24.3 Å². The summed E-state index contributed by atoms with van der Waals surface area (Å²) in [6, 6.07) is 3.23. The third-order valence-corrected chi connectivity index (χ3v) is 2.62. The molecule has 0 aromatic carbocycles. The maximum Gasteiger partial charge on any atom is 0.273 e. The minimum Gasteiger partial charge on any atom is -0.394 e. The standard InChI is InChI=1S/C12H20N4O2/c1-8(2)10(7-17)13-11-6-5-9(14-15-11)12(18)16(3)4/h5-6,8,10,17H,7H2,1-4H3,(H,13,15). The van der Waals surface area contributed by atoms with Crippen LogP contribution in [0.25, 0.3) is 0 Å². The van der Waals surface area contributed by atoms with Crippen molar-refractivity contribution in [1.29, 1.82) is 0 Å². The van der Waals surface area contributed by atoms with Gasteiger partial charge in [-0.05, 0) is 18.1 Å². The molecule has 1 rings (SSSR count). The minimum atomic E-state index is -0.184. The van der Waals surface area contributed by atoms with Gasteiger partial charge in [0.25, 0.3) is 5.91 Å². The summed E-state index contributed by atoms with van der Waals surface area (Å²) < 4.78 is 0. The highest BCUT2D eigenvalue weighted by atomic mass is 16.3. The molecule has 0 saturated carbocycles. The molecule has 0 saturated heterocycles. The van der Waals surface area contributed by atoms with Crippen LogP contribution in [0, 0.1) is 5.92 Å². The first-order chi connectivity index (χ1) is 8.45. The quantitative estimate of drug-likeness (QED) is 0.802. The summed E-state index contributed by atoms with van der Waals surface area (Å²) in [6.45, 7) is 4.04. The van der Waals surface area contributed by atoms with Crippen LogP contribution in [0.15, 0.2) is 12.1 Å². The SMILES string of the molecule is CC(C)C(CO)Nc1ccc(C(=O)N(C)C)nn1.